The smallest absolute Gasteiger partial charge is 0.336 e. The first-order valence-corrected chi connectivity index (χ1v) is 11.3. The van der Waals surface area contributed by atoms with E-state index in [0.717, 1.165) is 5.56 Å². The lowest BCUT2D eigenvalue weighted by molar-refractivity contribution is 0.102. The molecule has 0 radical (unpaired) electrons. The standard InChI is InChI=1S/C25H21Cl2FN4O2/c1-15(2)14-34-25-30-23(17-5-12-21(26)22(27)13-17)32(31-25)20-10-8-19(9-11-20)29-24(33)16-3-6-18(28)7-4-16/h3-13,15H,14H2,1-2H3,(H,29,33). The summed E-state index contributed by atoms with van der Waals surface area (Å²) in [5.41, 5.74) is 2.35. The van der Waals surface area contributed by atoms with E-state index in [1.165, 1.54) is 24.3 Å². The van der Waals surface area contributed by atoms with E-state index >= 15 is 0 Å². The van der Waals surface area contributed by atoms with Crippen molar-refractivity contribution in [2.75, 3.05) is 11.9 Å². The lowest BCUT2D eigenvalue weighted by Gasteiger charge is -2.09. The number of carbonyl (C=O) groups is 1. The van der Waals surface area contributed by atoms with Crippen molar-refractivity contribution in [2.24, 2.45) is 5.92 Å². The van der Waals surface area contributed by atoms with E-state index in [-0.39, 0.29) is 11.9 Å². The van der Waals surface area contributed by atoms with Gasteiger partial charge in [-0.05, 0) is 72.6 Å². The number of aromatic nitrogens is 3. The van der Waals surface area contributed by atoms with Gasteiger partial charge < -0.3 is 10.1 Å². The Morgan fingerprint density at radius 1 is 1.03 bits per heavy atom. The van der Waals surface area contributed by atoms with Crippen molar-refractivity contribution in [3.8, 4) is 23.1 Å². The predicted molar refractivity (Wildman–Crippen MR) is 132 cm³/mol. The summed E-state index contributed by atoms with van der Waals surface area (Å²) in [4.78, 5) is 17.0. The molecule has 0 aliphatic rings. The number of benzene rings is 3. The molecule has 4 rings (SSSR count). The third kappa shape index (κ3) is 5.55. The number of halogens is 3. The summed E-state index contributed by atoms with van der Waals surface area (Å²) >= 11 is 12.3. The van der Waals surface area contributed by atoms with E-state index < -0.39 is 5.82 Å². The maximum Gasteiger partial charge on any atom is 0.336 e. The quantitative estimate of drug-likeness (QED) is 0.309. The Hall–Kier alpha value is -3.42. The minimum Gasteiger partial charge on any atom is -0.462 e. The van der Waals surface area contributed by atoms with Crippen molar-refractivity contribution in [3.05, 3.63) is 88.2 Å². The van der Waals surface area contributed by atoms with Crippen LogP contribution in [0.1, 0.15) is 24.2 Å². The molecule has 0 bridgehead atoms. The molecule has 4 aromatic rings. The lowest BCUT2D eigenvalue weighted by atomic mass is 10.2. The van der Waals surface area contributed by atoms with Gasteiger partial charge in [0.15, 0.2) is 5.82 Å². The van der Waals surface area contributed by atoms with Crippen LogP contribution in [0.4, 0.5) is 10.1 Å². The Morgan fingerprint density at radius 3 is 2.38 bits per heavy atom. The zero-order valence-corrected chi connectivity index (χ0v) is 19.9. The second kappa shape index (κ2) is 10.2. The molecule has 3 aromatic carbocycles. The summed E-state index contributed by atoms with van der Waals surface area (Å²) in [6.45, 7) is 4.55. The van der Waals surface area contributed by atoms with E-state index in [1.807, 2.05) is 13.8 Å². The van der Waals surface area contributed by atoms with Gasteiger partial charge in [-0.3, -0.25) is 4.79 Å². The number of ether oxygens (including phenoxy) is 1. The predicted octanol–water partition coefficient (Wildman–Crippen LogP) is 6.67. The van der Waals surface area contributed by atoms with Crippen LogP contribution in [0.15, 0.2) is 66.7 Å². The second-order valence-corrected chi connectivity index (χ2v) is 8.79. The van der Waals surface area contributed by atoms with Gasteiger partial charge in [-0.1, -0.05) is 37.0 Å². The fraction of sp³-hybridized carbons (Fsp3) is 0.160. The number of carbonyl (C=O) groups excluding carboxylic acids is 1. The zero-order chi connectivity index (χ0) is 24.2. The van der Waals surface area contributed by atoms with Crippen LogP contribution in [0.2, 0.25) is 10.0 Å². The van der Waals surface area contributed by atoms with Crippen LogP contribution in [0.5, 0.6) is 6.01 Å². The summed E-state index contributed by atoms with van der Waals surface area (Å²) < 4.78 is 20.5. The van der Waals surface area contributed by atoms with Crippen molar-refractivity contribution in [2.45, 2.75) is 13.8 Å². The molecule has 1 amide bonds. The van der Waals surface area contributed by atoms with Gasteiger partial charge in [0.1, 0.15) is 5.82 Å². The van der Waals surface area contributed by atoms with Gasteiger partial charge in [-0.15, -0.1) is 5.10 Å². The molecule has 0 fully saturated rings. The molecule has 0 saturated heterocycles. The minimum atomic E-state index is -0.400. The van der Waals surface area contributed by atoms with Crippen LogP contribution in [0.25, 0.3) is 17.1 Å². The Balaban J connectivity index is 1.62. The molecule has 0 unspecified atom stereocenters. The molecule has 0 aliphatic heterocycles. The van der Waals surface area contributed by atoms with Crippen LogP contribution in [0.3, 0.4) is 0 Å². The number of hydrogen-bond donors (Lipinski definition) is 1. The molecule has 174 valence electrons. The van der Waals surface area contributed by atoms with E-state index in [9.17, 15) is 9.18 Å². The van der Waals surface area contributed by atoms with Gasteiger partial charge in [0.25, 0.3) is 5.91 Å². The monoisotopic (exact) mass is 498 g/mol. The van der Waals surface area contributed by atoms with E-state index in [4.69, 9.17) is 27.9 Å². The highest BCUT2D eigenvalue weighted by atomic mass is 35.5. The van der Waals surface area contributed by atoms with Gasteiger partial charge in [0, 0.05) is 16.8 Å². The molecule has 1 N–H and O–H groups in total. The summed E-state index contributed by atoms with van der Waals surface area (Å²) in [6, 6.07) is 17.9. The Bertz CT molecular complexity index is 1310. The zero-order valence-electron chi connectivity index (χ0n) is 18.4. The third-order valence-corrected chi connectivity index (χ3v) is 5.53. The number of amides is 1. The fourth-order valence-corrected chi connectivity index (χ4v) is 3.39. The summed E-state index contributed by atoms with van der Waals surface area (Å²) in [5, 5.41) is 8.14. The molecule has 1 aromatic heterocycles. The largest absolute Gasteiger partial charge is 0.462 e. The van der Waals surface area contributed by atoms with Crippen LogP contribution in [-0.4, -0.2) is 27.3 Å². The van der Waals surface area contributed by atoms with Crippen molar-refractivity contribution in [1.82, 2.24) is 14.8 Å². The average Bonchev–Trinajstić information content (AvgIpc) is 3.25. The molecule has 0 aliphatic carbocycles. The Morgan fingerprint density at radius 2 is 1.74 bits per heavy atom. The van der Waals surface area contributed by atoms with Crippen LogP contribution >= 0.6 is 23.2 Å². The average molecular weight is 499 g/mol. The van der Waals surface area contributed by atoms with Crippen LogP contribution in [0, 0.1) is 11.7 Å². The van der Waals surface area contributed by atoms with Crippen molar-refractivity contribution in [1.29, 1.82) is 0 Å². The molecule has 6 nitrogen and oxygen atoms in total. The normalized spacial score (nSPS) is 11.0. The topological polar surface area (TPSA) is 69.0 Å². The second-order valence-electron chi connectivity index (χ2n) is 7.97. The molecule has 0 spiro atoms. The molecular weight excluding hydrogens is 478 g/mol. The third-order valence-electron chi connectivity index (χ3n) is 4.79. The molecule has 0 saturated carbocycles. The fourth-order valence-electron chi connectivity index (χ4n) is 3.09. The van der Waals surface area contributed by atoms with Gasteiger partial charge in [0.05, 0.1) is 22.3 Å². The highest BCUT2D eigenvalue weighted by Gasteiger charge is 2.16. The van der Waals surface area contributed by atoms with Crippen LogP contribution in [-0.2, 0) is 0 Å². The minimum absolute atomic E-state index is 0.239. The lowest BCUT2D eigenvalue weighted by Crippen LogP contribution is -2.12. The van der Waals surface area contributed by atoms with Crippen molar-refractivity contribution in [3.63, 3.8) is 0 Å². The van der Waals surface area contributed by atoms with Crippen molar-refractivity contribution >= 4 is 34.8 Å². The maximum absolute atomic E-state index is 13.1. The molecule has 9 heteroatoms. The van der Waals surface area contributed by atoms with E-state index in [1.54, 1.807) is 47.1 Å². The summed E-state index contributed by atoms with van der Waals surface area (Å²) in [6.07, 6.45) is 0. The summed E-state index contributed by atoms with van der Waals surface area (Å²) in [5.74, 6) is 0.0995. The van der Waals surface area contributed by atoms with E-state index in [0.29, 0.717) is 45.3 Å². The molecule has 1 heterocycles. The molecular formula is C25H21Cl2FN4O2. The van der Waals surface area contributed by atoms with E-state index in [2.05, 4.69) is 15.4 Å². The van der Waals surface area contributed by atoms with Gasteiger partial charge in [0.2, 0.25) is 0 Å². The van der Waals surface area contributed by atoms with Gasteiger partial charge in [-0.25, -0.2) is 9.07 Å². The first-order valence-electron chi connectivity index (χ1n) is 10.5. The highest BCUT2D eigenvalue weighted by Crippen LogP contribution is 2.30. The molecule has 0 atom stereocenters. The Labute approximate surface area is 206 Å². The molecule has 34 heavy (non-hydrogen) atoms. The SMILES string of the molecule is CC(C)COc1nc(-c2ccc(Cl)c(Cl)c2)n(-c2ccc(NC(=O)c3ccc(F)cc3)cc2)n1. The summed E-state index contributed by atoms with van der Waals surface area (Å²) in [7, 11) is 0. The number of hydrogen-bond acceptors (Lipinski definition) is 4. The maximum atomic E-state index is 13.1. The Kier molecular flexibility index (Phi) is 7.14. The highest BCUT2D eigenvalue weighted by molar-refractivity contribution is 6.42. The number of nitrogens with zero attached hydrogens (tertiary/aromatic N) is 3. The van der Waals surface area contributed by atoms with Crippen molar-refractivity contribution < 1.29 is 13.9 Å². The number of rotatable bonds is 7. The van der Waals surface area contributed by atoms with Gasteiger partial charge in [-0.2, -0.15) is 4.98 Å². The van der Waals surface area contributed by atoms with Gasteiger partial charge >= 0.3 is 6.01 Å². The van der Waals surface area contributed by atoms with Crippen LogP contribution < -0.4 is 10.1 Å². The number of anilines is 1. The number of nitrogens with one attached hydrogen (secondary N) is 1. The first-order chi connectivity index (χ1) is 16.3. The first kappa shape index (κ1) is 23.7.